The Morgan fingerprint density at radius 1 is 1.00 bits per heavy atom. The van der Waals surface area contributed by atoms with E-state index >= 15 is 0 Å². The molecular formula is C13H15N3O3. The van der Waals surface area contributed by atoms with E-state index < -0.39 is 0 Å². The van der Waals surface area contributed by atoms with Crippen LogP contribution in [0.15, 0.2) is 24.7 Å². The van der Waals surface area contributed by atoms with Gasteiger partial charge in [-0.1, -0.05) is 0 Å². The summed E-state index contributed by atoms with van der Waals surface area (Å²) in [6.07, 6.45) is 3.04. The minimum absolute atomic E-state index is 0.393. The van der Waals surface area contributed by atoms with Crippen molar-refractivity contribution in [2.24, 2.45) is 0 Å². The molecule has 2 N–H and O–H groups in total. The molecule has 1 aromatic carbocycles. The summed E-state index contributed by atoms with van der Waals surface area (Å²) in [5, 5.41) is 0. The fraction of sp³-hybridized carbons (Fsp3) is 0.231. The van der Waals surface area contributed by atoms with Gasteiger partial charge in [0.2, 0.25) is 5.75 Å². The van der Waals surface area contributed by atoms with Crippen LogP contribution in [0.1, 0.15) is 0 Å². The summed E-state index contributed by atoms with van der Waals surface area (Å²) in [6, 6.07) is 3.60. The van der Waals surface area contributed by atoms with Gasteiger partial charge in [-0.15, -0.1) is 0 Å². The van der Waals surface area contributed by atoms with Crippen molar-refractivity contribution >= 4 is 5.82 Å². The van der Waals surface area contributed by atoms with Crippen LogP contribution in [0.3, 0.4) is 0 Å². The van der Waals surface area contributed by atoms with Gasteiger partial charge in [0.1, 0.15) is 12.1 Å². The van der Waals surface area contributed by atoms with Crippen LogP contribution in [-0.2, 0) is 0 Å². The number of hydrogen-bond donors (Lipinski definition) is 1. The van der Waals surface area contributed by atoms with Crippen LogP contribution >= 0.6 is 0 Å². The number of ether oxygens (including phenoxy) is 3. The molecule has 0 fully saturated rings. The lowest BCUT2D eigenvalue weighted by Crippen LogP contribution is -1.98. The van der Waals surface area contributed by atoms with Crippen molar-refractivity contribution in [2.45, 2.75) is 0 Å². The zero-order valence-corrected chi connectivity index (χ0v) is 11.0. The third-order valence-corrected chi connectivity index (χ3v) is 2.72. The second kappa shape index (κ2) is 5.43. The number of anilines is 1. The molecule has 1 aromatic heterocycles. The Labute approximate surface area is 111 Å². The first-order chi connectivity index (χ1) is 9.21. The highest BCUT2D eigenvalue weighted by molar-refractivity contribution is 5.77. The van der Waals surface area contributed by atoms with E-state index in [-0.39, 0.29) is 0 Å². The highest BCUT2D eigenvalue weighted by atomic mass is 16.5. The molecule has 0 spiro atoms. The van der Waals surface area contributed by atoms with Crippen molar-refractivity contribution in [3.8, 4) is 28.4 Å². The van der Waals surface area contributed by atoms with E-state index in [1.165, 1.54) is 6.33 Å². The molecule has 0 aliphatic heterocycles. The normalized spacial score (nSPS) is 10.1. The first kappa shape index (κ1) is 12.9. The number of hydrogen-bond acceptors (Lipinski definition) is 6. The highest BCUT2D eigenvalue weighted by Gasteiger charge is 2.15. The van der Waals surface area contributed by atoms with Crippen LogP contribution in [0.25, 0.3) is 11.1 Å². The number of aromatic nitrogens is 2. The molecule has 100 valence electrons. The third kappa shape index (κ3) is 2.37. The SMILES string of the molecule is COc1cc(-c2cncnc2N)cc(OC)c1OC. The summed E-state index contributed by atoms with van der Waals surface area (Å²) < 4.78 is 15.9. The summed E-state index contributed by atoms with van der Waals surface area (Å²) >= 11 is 0. The van der Waals surface area contributed by atoms with Crippen LogP contribution in [0.5, 0.6) is 17.2 Å². The lowest BCUT2D eigenvalue weighted by Gasteiger charge is -2.14. The van der Waals surface area contributed by atoms with Crippen molar-refractivity contribution in [3.63, 3.8) is 0 Å². The first-order valence-corrected chi connectivity index (χ1v) is 5.57. The van der Waals surface area contributed by atoms with E-state index in [2.05, 4.69) is 9.97 Å². The van der Waals surface area contributed by atoms with E-state index in [1.807, 2.05) is 0 Å². The summed E-state index contributed by atoms with van der Waals surface area (Å²) in [4.78, 5) is 7.93. The smallest absolute Gasteiger partial charge is 0.203 e. The zero-order valence-electron chi connectivity index (χ0n) is 11.0. The molecule has 2 rings (SSSR count). The Morgan fingerprint density at radius 3 is 2.11 bits per heavy atom. The predicted molar refractivity (Wildman–Crippen MR) is 71.5 cm³/mol. The van der Waals surface area contributed by atoms with Gasteiger partial charge >= 0.3 is 0 Å². The standard InChI is InChI=1S/C13H15N3O3/c1-17-10-4-8(5-11(18-2)12(10)19-3)9-6-15-7-16-13(9)14/h4-7H,1-3H3,(H2,14,15,16). The average Bonchev–Trinajstić information content (AvgIpc) is 2.46. The topological polar surface area (TPSA) is 79.5 Å². The monoisotopic (exact) mass is 261 g/mol. The molecule has 0 unspecified atom stereocenters. The Balaban J connectivity index is 2.63. The molecule has 0 aliphatic carbocycles. The summed E-state index contributed by atoms with van der Waals surface area (Å²) in [6.45, 7) is 0. The molecule has 0 saturated carbocycles. The predicted octanol–water partition coefficient (Wildman–Crippen LogP) is 1.75. The molecule has 19 heavy (non-hydrogen) atoms. The zero-order chi connectivity index (χ0) is 13.8. The van der Waals surface area contributed by atoms with Gasteiger partial charge in [-0.3, -0.25) is 0 Å². The minimum atomic E-state index is 0.393. The van der Waals surface area contributed by atoms with Gasteiger partial charge in [0.15, 0.2) is 11.5 Å². The van der Waals surface area contributed by atoms with Gasteiger partial charge in [0.25, 0.3) is 0 Å². The maximum atomic E-state index is 5.84. The summed E-state index contributed by atoms with van der Waals surface area (Å²) in [5.41, 5.74) is 7.35. The third-order valence-electron chi connectivity index (χ3n) is 2.72. The number of methoxy groups -OCH3 is 3. The molecular weight excluding hydrogens is 246 g/mol. The number of nitrogens with zero attached hydrogens (tertiary/aromatic N) is 2. The van der Waals surface area contributed by atoms with Crippen LogP contribution < -0.4 is 19.9 Å². The van der Waals surface area contributed by atoms with E-state index in [4.69, 9.17) is 19.9 Å². The van der Waals surface area contributed by atoms with Crippen LogP contribution in [0, 0.1) is 0 Å². The molecule has 2 aromatic rings. The van der Waals surface area contributed by atoms with E-state index in [0.29, 0.717) is 28.6 Å². The van der Waals surface area contributed by atoms with Crippen LogP contribution in [0.4, 0.5) is 5.82 Å². The number of nitrogens with two attached hydrogens (primary N) is 1. The van der Waals surface area contributed by atoms with Gasteiger partial charge in [-0.05, 0) is 17.7 Å². The molecule has 0 radical (unpaired) electrons. The van der Waals surface area contributed by atoms with Crippen LogP contribution in [0.2, 0.25) is 0 Å². The van der Waals surface area contributed by atoms with E-state index in [1.54, 1.807) is 39.7 Å². The van der Waals surface area contributed by atoms with Crippen molar-refractivity contribution in [1.29, 1.82) is 0 Å². The van der Waals surface area contributed by atoms with Gasteiger partial charge in [-0.25, -0.2) is 9.97 Å². The highest BCUT2D eigenvalue weighted by Crippen LogP contribution is 2.41. The van der Waals surface area contributed by atoms with Gasteiger partial charge in [0.05, 0.1) is 21.3 Å². The van der Waals surface area contributed by atoms with Crippen LogP contribution in [-0.4, -0.2) is 31.3 Å². The molecule has 0 atom stereocenters. The quantitative estimate of drug-likeness (QED) is 0.903. The van der Waals surface area contributed by atoms with Gasteiger partial charge < -0.3 is 19.9 Å². The Bertz CT molecular complexity index is 562. The van der Waals surface area contributed by atoms with E-state index in [9.17, 15) is 0 Å². The maximum Gasteiger partial charge on any atom is 0.203 e. The number of rotatable bonds is 4. The fourth-order valence-corrected chi connectivity index (χ4v) is 1.80. The van der Waals surface area contributed by atoms with Crippen molar-refractivity contribution in [1.82, 2.24) is 9.97 Å². The fourth-order valence-electron chi connectivity index (χ4n) is 1.80. The lowest BCUT2D eigenvalue weighted by molar-refractivity contribution is 0.324. The number of benzene rings is 1. The molecule has 1 heterocycles. The van der Waals surface area contributed by atoms with Crippen molar-refractivity contribution in [3.05, 3.63) is 24.7 Å². The molecule has 6 heteroatoms. The van der Waals surface area contributed by atoms with Crippen molar-refractivity contribution < 1.29 is 14.2 Å². The summed E-state index contributed by atoms with van der Waals surface area (Å²) in [7, 11) is 4.68. The second-order valence-electron chi connectivity index (χ2n) is 3.74. The minimum Gasteiger partial charge on any atom is -0.493 e. The second-order valence-corrected chi connectivity index (χ2v) is 3.74. The molecule has 0 aliphatic rings. The summed E-state index contributed by atoms with van der Waals surface area (Å²) in [5.74, 6) is 2.04. The Hall–Kier alpha value is -2.50. The average molecular weight is 261 g/mol. The molecule has 6 nitrogen and oxygen atoms in total. The first-order valence-electron chi connectivity index (χ1n) is 5.57. The maximum absolute atomic E-state index is 5.84. The Morgan fingerprint density at radius 2 is 1.63 bits per heavy atom. The van der Waals surface area contributed by atoms with Gasteiger partial charge in [0, 0.05) is 11.8 Å². The van der Waals surface area contributed by atoms with Crippen molar-refractivity contribution in [2.75, 3.05) is 27.1 Å². The lowest BCUT2D eigenvalue weighted by atomic mass is 10.1. The van der Waals surface area contributed by atoms with E-state index in [0.717, 1.165) is 5.56 Å². The van der Waals surface area contributed by atoms with Gasteiger partial charge in [-0.2, -0.15) is 0 Å². The molecule has 0 amide bonds. The Kier molecular flexibility index (Phi) is 3.70. The largest absolute Gasteiger partial charge is 0.493 e. The molecule has 0 saturated heterocycles. The molecule has 0 bridgehead atoms. The number of nitrogen functional groups attached to an aromatic ring is 1.